The largest absolute Gasteiger partial charge is 0.481 e. The monoisotopic (exact) mass is 324 g/mol. The number of nitrogens with one attached hydrogen (secondary N) is 1. The van der Waals surface area contributed by atoms with Gasteiger partial charge in [0, 0.05) is 23.4 Å². The van der Waals surface area contributed by atoms with Gasteiger partial charge in [0.1, 0.15) is 0 Å². The molecule has 0 bridgehead atoms. The lowest BCUT2D eigenvalue weighted by Crippen LogP contribution is -2.10. The van der Waals surface area contributed by atoms with E-state index in [-0.39, 0.29) is 18.8 Å². The lowest BCUT2D eigenvalue weighted by molar-refractivity contribution is 0.260. The van der Waals surface area contributed by atoms with Crippen LogP contribution in [0.1, 0.15) is 22.4 Å². The van der Waals surface area contributed by atoms with Crippen LogP contribution in [0, 0.1) is 0 Å². The Morgan fingerprint density at radius 3 is 2.54 bits per heavy atom. The number of aromatic nitrogens is 2. The van der Waals surface area contributed by atoms with Gasteiger partial charge >= 0.3 is 0 Å². The molecular weight excluding hydrogens is 308 g/mol. The zero-order chi connectivity index (χ0) is 16.8. The molecule has 24 heavy (non-hydrogen) atoms. The van der Waals surface area contributed by atoms with Crippen molar-refractivity contribution in [1.29, 1.82) is 0 Å². The summed E-state index contributed by atoms with van der Waals surface area (Å²) >= 11 is 0. The molecule has 2 heterocycles. The van der Waals surface area contributed by atoms with Crippen LogP contribution in [0.2, 0.25) is 0 Å². The molecule has 1 aliphatic rings. The third kappa shape index (κ3) is 2.04. The van der Waals surface area contributed by atoms with E-state index in [2.05, 4.69) is 9.97 Å². The minimum Gasteiger partial charge on any atom is -0.481 e. The molecule has 122 valence electrons. The predicted octanol–water partition coefficient (Wildman–Crippen LogP) is 1.49. The standard InChI is InChI=1S/C18H16N2O4/c1-24-16-3-2-11-15(19-16)6-13-12-4-9(7-21)10(8-22)5-14(12)18(23)20-17(11)13/h2-5,21-22H,6-8H2,1H3,(H,20,23). The number of hydrogen-bond acceptors (Lipinski definition) is 5. The van der Waals surface area contributed by atoms with Crippen molar-refractivity contribution in [2.24, 2.45) is 0 Å². The molecule has 0 spiro atoms. The molecule has 0 fully saturated rings. The first-order valence-electron chi connectivity index (χ1n) is 7.63. The summed E-state index contributed by atoms with van der Waals surface area (Å²) in [4.78, 5) is 19.9. The van der Waals surface area contributed by atoms with Crippen LogP contribution in [-0.2, 0) is 19.6 Å². The number of H-pyrrole nitrogens is 1. The highest BCUT2D eigenvalue weighted by molar-refractivity contribution is 5.93. The molecular formula is C18H16N2O4. The first kappa shape index (κ1) is 14.9. The maximum absolute atomic E-state index is 12.5. The highest BCUT2D eigenvalue weighted by Gasteiger charge is 2.25. The average molecular weight is 324 g/mol. The normalized spacial score (nSPS) is 12.3. The second kappa shape index (κ2) is 5.43. The molecule has 1 aliphatic carbocycles. The van der Waals surface area contributed by atoms with Crippen molar-refractivity contribution in [1.82, 2.24) is 9.97 Å². The van der Waals surface area contributed by atoms with Crippen LogP contribution >= 0.6 is 0 Å². The Labute approximate surface area is 137 Å². The second-order valence-corrected chi connectivity index (χ2v) is 5.82. The van der Waals surface area contributed by atoms with Crippen LogP contribution in [0.4, 0.5) is 0 Å². The van der Waals surface area contributed by atoms with Crippen LogP contribution in [0.25, 0.3) is 22.0 Å². The van der Waals surface area contributed by atoms with Gasteiger partial charge in [0.2, 0.25) is 5.88 Å². The summed E-state index contributed by atoms with van der Waals surface area (Å²) in [5.41, 5.74) is 4.44. The first-order chi connectivity index (χ1) is 11.7. The number of aromatic amines is 1. The van der Waals surface area contributed by atoms with Gasteiger partial charge in [-0.3, -0.25) is 4.79 Å². The summed E-state index contributed by atoms with van der Waals surface area (Å²) < 4.78 is 5.17. The minimum absolute atomic E-state index is 0.188. The van der Waals surface area contributed by atoms with Gasteiger partial charge in [-0.15, -0.1) is 0 Å². The van der Waals surface area contributed by atoms with E-state index in [1.54, 1.807) is 25.3 Å². The van der Waals surface area contributed by atoms with Gasteiger partial charge in [-0.2, -0.15) is 0 Å². The zero-order valence-electron chi connectivity index (χ0n) is 13.1. The number of pyridine rings is 2. The number of aliphatic hydroxyl groups excluding tert-OH is 2. The van der Waals surface area contributed by atoms with Gasteiger partial charge in [-0.05, 0) is 40.3 Å². The van der Waals surface area contributed by atoms with Crippen molar-refractivity contribution >= 4 is 10.8 Å². The summed E-state index contributed by atoms with van der Waals surface area (Å²) in [6, 6.07) is 7.10. The fourth-order valence-corrected chi connectivity index (χ4v) is 3.35. The van der Waals surface area contributed by atoms with E-state index >= 15 is 0 Å². The molecule has 4 rings (SSSR count). The highest BCUT2D eigenvalue weighted by Crippen LogP contribution is 2.38. The topological polar surface area (TPSA) is 95.4 Å². The Morgan fingerprint density at radius 2 is 1.88 bits per heavy atom. The van der Waals surface area contributed by atoms with Gasteiger partial charge in [-0.1, -0.05) is 0 Å². The quantitative estimate of drug-likeness (QED) is 0.531. The van der Waals surface area contributed by atoms with E-state index in [0.717, 1.165) is 27.9 Å². The fourth-order valence-electron chi connectivity index (χ4n) is 3.35. The molecule has 0 aliphatic heterocycles. The van der Waals surface area contributed by atoms with Crippen molar-refractivity contribution in [3.63, 3.8) is 0 Å². The Hall–Kier alpha value is -2.70. The predicted molar refractivity (Wildman–Crippen MR) is 89.0 cm³/mol. The molecule has 3 aromatic rings. The van der Waals surface area contributed by atoms with Gasteiger partial charge in [0.15, 0.2) is 0 Å². The number of nitrogens with zero attached hydrogens (tertiary/aromatic N) is 1. The smallest absolute Gasteiger partial charge is 0.256 e. The van der Waals surface area contributed by atoms with Crippen molar-refractivity contribution in [2.45, 2.75) is 19.6 Å². The molecule has 2 aromatic heterocycles. The van der Waals surface area contributed by atoms with Gasteiger partial charge in [-0.25, -0.2) is 4.98 Å². The van der Waals surface area contributed by atoms with Crippen molar-refractivity contribution in [2.75, 3.05) is 7.11 Å². The Balaban J connectivity index is 2.02. The van der Waals surface area contributed by atoms with Crippen LogP contribution in [0.5, 0.6) is 5.88 Å². The lowest BCUT2D eigenvalue weighted by Gasteiger charge is -2.10. The fraction of sp³-hybridized carbons (Fsp3) is 0.222. The minimum atomic E-state index is -0.221. The average Bonchev–Trinajstić information content (AvgIpc) is 2.98. The summed E-state index contributed by atoms with van der Waals surface area (Å²) in [6.45, 7) is -0.409. The molecule has 6 nitrogen and oxygen atoms in total. The molecule has 0 unspecified atom stereocenters. The summed E-state index contributed by atoms with van der Waals surface area (Å²) in [5, 5.41) is 20.3. The summed E-state index contributed by atoms with van der Waals surface area (Å²) in [5.74, 6) is 0.534. The Morgan fingerprint density at radius 1 is 1.17 bits per heavy atom. The summed E-state index contributed by atoms with van der Waals surface area (Å²) in [7, 11) is 1.57. The van der Waals surface area contributed by atoms with E-state index in [0.29, 0.717) is 28.8 Å². The highest BCUT2D eigenvalue weighted by atomic mass is 16.5. The Bertz CT molecular complexity index is 1020. The molecule has 0 saturated carbocycles. The van der Waals surface area contributed by atoms with E-state index in [1.165, 1.54) is 0 Å². The second-order valence-electron chi connectivity index (χ2n) is 5.82. The number of methoxy groups -OCH3 is 1. The van der Waals surface area contributed by atoms with Gasteiger partial charge in [0.25, 0.3) is 5.56 Å². The zero-order valence-corrected chi connectivity index (χ0v) is 13.1. The number of rotatable bonds is 3. The third-order valence-corrected chi connectivity index (χ3v) is 4.56. The Kier molecular flexibility index (Phi) is 3.37. The number of ether oxygens (including phenoxy) is 1. The van der Waals surface area contributed by atoms with Crippen LogP contribution < -0.4 is 10.3 Å². The van der Waals surface area contributed by atoms with E-state index in [4.69, 9.17) is 4.74 Å². The van der Waals surface area contributed by atoms with E-state index in [1.807, 2.05) is 6.07 Å². The molecule has 0 atom stereocenters. The van der Waals surface area contributed by atoms with Crippen LogP contribution in [-0.4, -0.2) is 27.3 Å². The van der Waals surface area contributed by atoms with Crippen molar-refractivity contribution < 1.29 is 14.9 Å². The molecule has 1 aromatic carbocycles. The van der Waals surface area contributed by atoms with Gasteiger partial charge < -0.3 is 19.9 Å². The maximum Gasteiger partial charge on any atom is 0.256 e. The first-order valence-corrected chi connectivity index (χ1v) is 7.63. The van der Waals surface area contributed by atoms with Crippen LogP contribution in [0.3, 0.4) is 0 Å². The van der Waals surface area contributed by atoms with Crippen molar-refractivity contribution in [3.05, 3.63) is 57.0 Å². The molecule has 3 N–H and O–H groups in total. The molecule has 0 saturated heterocycles. The van der Waals surface area contributed by atoms with Gasteiger partial charge in [0.05, 0.1) is 31.7 Å². The molecule has 0 amide bonds. The third-order valence-electron chi connectivity index (χ3n) is 4.56. The SMILES string of the molecule is COc1ccc2c(n1)Cc1c-2[nH]c(=O)c2cc(CO)c(CO)cc12. The van der Waals surface area contributed by atoms with E-state index < -0.39 is 0 Å². The number of benzene rings is 1. The molecule has 6 heteroatoms. The lowest BCUT2D eigenvalue weighted by atomic mass is 9.98. The number of hydrogen-bond donors (Lipinski definition) is 3. The van der Waals surface area contributed by atoms with Crippen LogP contribution in [0.15, 0.2) is 29.1 Å². The number of aliphatic hydroxyl groups is 2. The molecule has 0 radical (unpaired) electrons. The number of fused-ring (bicyclic) bond motifs is 5. The maximum atomic E-state index is 12.5. The summed E-state index contributed by atoms with van der Waals surface area (Å²) in [6.07, 6.45) is 0.582. The van der Waals surface area contributed by atoms with E-state index in [9.17, 15) is 15.0 Å². The van der Waals surface area contributed by atoms with Crippen molar-refractivity contribution in [3.8, 4) is 17.1 Å².